The molecule has 4 rings (SSSR count). The van der Waals surface area contributed by atoms with Gasteiger partial charge in [-0.3, -0.25) is 4.57 Å². The highest BCUT2D eigenvalue weighted by Crippen LogP contribution is 2.32. The molecule has 28 heavy (non-hydrogen) atoms. The molecule has 4 N–H and O–H groups in total. The maximum absolute atomic E-state index is 12.1. The number of nitrogens with two attached hydrogens (primary N) is 1. The Morgan fingerprint density at radius 2 is 1.96 bits per heavy atom. The van der Waals surface area contributed by atoms with Gasteiger partial charge in [-0.15, -0.1) is 0 Å². The number of aliphatic hydroxyl groups is 2. The number of anilines is 1. The molecule has 10 nitrogen and oxygen atoms in total. The van der Waals surface area contributed by atoms with Crippen LogP contribution in [0.5, 0.6) is 0 Å². The van der Waals surface area contributed by atoms with E-state index >= 15 is 0 Å². The van der Waals surface area contributed by atoms with Crippen molar-refractivity contribution in [2.24, 2.45) is 0 Å². The van der Waals surface area contributed by atoms with E-state index in [9.17, 15) is 15.0 Å². The number of esters is 1. The number of carbonyl (C=O) groups is 1. The lowest BCUT2D eigenvalue weighted by atomic mass is 10.1. The fraction of sp³-hybridized carbons (Fsp3) is 0.294. The standard InChI is InChI=1S/C17H16ClN5O5/c18-9-3-1-8(2-4-9)17(26)27-5-10-12(24)13(25)16(28-10)23-7-22-11-14(19)20-6-21-15(11)23/h1-4,6-7,10,12-13,16,24-25H,5H2,(H2,19,20,21)/t10-,12-,13-,16-/m1/s1. The Kier molecular flexibility index (Phi) is 4.85. The molecule has 0 bridgehead atoms. The van der Waals surface area contributed by atoms with Crippen molar-refractivity contribution >= 4 is 34.6 Å². The van der Waals surface area contributed by atoms with Crippen LogP contribution in [0.2, 0.25) is 5.02 Å². The highest BCUT2D eigenvalue weighted by atomic mass is 35.5. The first-order valence-electron chi connectivity index (χ1n) is 8.33. The number of fused-ring (bicyclic) bond motifs is 1. The third-order valence-electron chi connectivity index (χ3n) is 4.46. The second kappa shape index (κ2) is 7.32. The largest absolute Gasteiger partial charge is 0.459 e. The van der Waals surface area contributed by atoms with E-state index < -0.39 is 30.5 Å². The molecule has 146 valence electrons. The van der Waals surface area contributed by atoms with Gasteiger partial charge in [-0.2, -0.15) is 0 Å². The smallest absolute Gasteiger partial charge is 0.338 e. The average molecular weight is 406 g/mol. The molecule has 11 heteroatoms. The summed E-state index contributed by atoms with van der Waals surface area (Å²) < 4.78 is 12.3. The van der Waals surface area contributed by atoms with Gasteiger partial charge in [0.1, 0.15) is 36.8 Å². The fourth-order valence-electron chi connectivity index (χ4n) is 2.98. The summed E-state index contributed by atoms with van der Waals surface area (Å²) in [5.41, 5.74) is 6.77. The molecular weight excluding hydrogens is 390 g/mol. The summed E-state index contributed by atoms with van der Waals surface area (Å²) in [6.45, 7) is -0.250. The molecule has 1 fully saturated rings. The molecule has 2 aromatic heterocycles. The van der Waals surface area contributed by atoms with Crippen LogP contribution < -0.4 is 5.73 Å². The second-order valence-corrected chi connectivity index (χ2v) is 6.67. The van der Waals surface area contributed by atoms with Crippen LogP contribution in [0.3, 0.4) is 0 Å². The molecular formula is C17H16ClN5O5. The third-order valence-corrected chi connectivity index (χ3v) is 4.71. The number of hydrogen-bond donors (Lipinski definition) is 3. The third kappa shape index (κ3) is 3.27. The van der Waals surface area contributed by atoms with Crippen LogP contribution in [0, 0.1) is 0 Å². The van der Waals surface area contributed by atoms with Crippen molar-refractivity contribution in [1.82, 2.24) is 19.5 Å². The van der Waals surface area contributed by atoms with Gasteiger partial charge in [-0.05, 0) is 24.3 Å². The van der Waals surface area contributed by atoms with Crippen molar-refractivity contribution in [3.05, 3.63) is 47.5 Å². The number of rotatable bonds is 4. The molecule has 1 aliphatic rings. The van der Waals surface area contributed by atoms with Gasteiger partial charge < -0.3 is 25.4 Å². The van der Waals surface area contributed by atoms with E-state index in [1.54, 1.807) is 12.1 Å². The van der Waals surface area contributed by atoms with E-state index in [2.05, 4.69) is 15.0 Å². The second-order valence-electron chi connectivity index (χ2n) is 6.23. The molecule has 1 aromatic carbocycles. The highest BCUT2D eigenvalue weighted by molar-refractivity contribution is 6.30. The van der Waals surface area contributed by atoms with E-state index in [-0.39, 0.29) is 12.4 Å². The Morgan fingerprint density at radius 1 is 1.21 bits per heavy atom. The van der Waals surface area contributed by atoms with Crippen molar-refractivity contribution in [3.63, 3.8) is 0 Å². The van der Waals surface area contributed by atoms with Gasteiger partial charge in [-0.1, -0.05) is 11.6 Å². The number of nitrogens with zero attached hydrogens (tertiary/aromatic N) is 4. The summed E-state index contributed by atoms with van der Waals surface area (Å²) in [6, 6.07) is 6.18. The zero-order valence-corrected chi connectivity index (χ0v) is 15.1. The molecule has 1 aliphatic heterocycles. The molecule has 3 heterocycles. The van der Waals surface area contributed by atoms with Gasteiger partial charge in [0.05, 0.1) is 11.9 Å². The zero-order chi connectivity index (χ0) is 19.8. The number of nitrogen functional groups attached to an aromatic ring is 1. The summed E-state index contributed by atoms with van der Waals surface area (Å²) in [7, 11) is 0. The van der Waals surface area contributed by atoms with Crippen molar-refractivity contribution in [1.29, 1.82) is 0 Å². The van der Waals surface area contributed by atoms with E-state index in [0.29, 0.717) is 21.7 Å². The number of hydrogen-bond acceptors (Lipinski definition) is 9. The first-order chi connectivity index (χ1) is 13.5. The summed E-state index contributed by atoms with van der Waals surface area (Å²) in [5.74, 6) is -0.413. The summed E-state index contributed by atoms with van der Waals surface area (Å²) >= 11 is 5.79. The predicted octanol–water partition coefficient (Wildman–Crippen LogP) is 0.538. The van der Waals surface area contributed by atoms with E-state index in [4.69, 9.17) is 26.8 Å². The zero-order valence-electron chi connectivity index (χ0n) is 14.3. The minimum absolute atomic E-state index is 0.185. The maximum Gasteiger partial charge on any atom is 0.338 e. The Balaban J connectivity index is 1.47. The lowest BCUT2D eigenvalue weighted by Gasteiger charge is -2.16. The molecule has 3 aromatic rings. The first-order valence-corrected chi connectivity index (χ1v) is 8.71. The Labute approximate surface area is 163 Å². The van der Waals surface area contributed by atoms with Crippen molar-refractivity contribution in [3.8, 4) is 0 Å². The molecule has 4 atom stereocenters. The average Bonchev–Trinajstić information content (AvgIpc) is 3.23. The number of aromatic nitrogens is 4. The predicted molar refractivity (Wildman–Crippen MR) is 97.4 cm³/mol. The van der Waals surface area contributed by atoms with Crippen LogP contribution >= 0.6 is 11.6 Å². The van der Waals surface area contributed by atoms with Crippen LogP contribution in [0.1, 0.15) is 16.6 Å². The van der Waals surface area contributed by atoms with Gasteiger partial charge >= 0.3 is 5.97 Å². The minimum Gasteiger partial charge on any atom is -0.459 e. The van der Waals surface area contributed by atoms with Crippen LogP contribution in [0.15, 0.2) is 36.9 Å². The number of ether oxygens (including phenoxy) is 2. The molecule has 0 saturated carbocycles. The summed E-state index contributed by atoms with van der Waals surface area (Å²) in [6.07, 6.45) is -1.83. The highest BCUT2D eigenvalue weighted by Gasteiger charge is 2.45. The van der Waals surface area contributed by atoms with Gasteiger partial charge in [0, 0.05) is 5.02 Å². The first kappa shape index (κ1) is 18.6. The Hall–Kier alpha value is -2.79. The van der Waals surface area contributed by atoms with Crippen molar-refractivity contribution < 1.29 is 24.5 Å². The monoisotopic (exact) mass is 405 g/mol. The SMILES string of the molecule is Nc1ncnc2c1ncn2[C@@H]1O[C@H](COC(=O)c2ccc(Cl)cc2)[C@@H](O)[C@H]1O. The Bertz CT molecular complexity index is 1010. The fourth-order valence-corrected chi connectivity index (χ4v) is 3.11. The number of aliphatic hydroxyl groups excluding tert-OH is 2. The van der Waals surface area contributed by atoms with Crippen LogP contribution in [-0.4, -0.2) is 60.6 Å². The Morgan fingerprint density at radius 3 is 2.71 bits per heavy atom. The van der Waals surface area contributed by atoms with E-state index in [1.165, 1.54) is 29.4 Å². The molecule has 0 amide bonds. The molecule has 0 spiro atoms. The molecule has 0 radical (unpaired) electrons. The molecule has 1 saturated heterocycles. The lowest BCUT2D eigenvalue weighted by molar-refractivity contribution is -0.0565. The minimum atomic E-state index is -1.28. The number of imidazole rings is 1. The number of carbonyl (C=O) groups excluding carboxylic acids is 1. The van der Waals surface area contributed by atoms with Gasteiger partial charge in [0.15, 0.2) is 17.7 Å². The van der Waals surface area contributed by atoms with Gasteiger partial charge in [0.25, 0.3) is 0 Å². The van der Waals surface area contributed by atoms with Crippen molar-refractivity contribution in [2.75, 3.05) is 12.3 Å². The lowest BCUT2D eigenvalue weighted by Crippen LogP contribution is -2.34. The van der Waals surface area contributed by atoms with E-state index in [1.807, 2.05) is 0 Å². The maximum atomic E-state index is 12.1. The van der Waals surface area contributed by atoms with Gasteiger partial charge in [-0.25, -0.2) is 19.7 Å². The normalized spacial score (nSPS) is 24.5. The number of benzene rings is 1. The van der Waals surface area contributed by atoms with Crippen LogP contribution in [0.25, 0.3) is 11.2 Å². The summed E-state index contributed by atoms with van der Waals surface area (Å²) in [5, 5.41) is 21.2. The summed E-state index contributed by atoms with van der Waals surface area (Å²) in [4.78, 5) is 24.2. The molecule has 0 unspecified atom stereocenters. The van der Waals surface area contributed by atoms with Crippen LogP contribution in [0.4, 0.5) is 5.82 Å². The van der Waals surface area contributed by atoms with E-state index in [0.717, 1.165) is 0 Å². The van der Waals surface area contributed by atoms with Gasteiger partial charge in [0.2, 0.25) is 0 Å². The quantitative estimate of drug-likeness (QED) is 0.529. The topological polar surface area (TPSA) is 146 Å². The van der Waals surface area contributed by atoms with Crippen LogP contribution in [-0.2, 0) is 9.47 Å². The van der Waals surface area contributed by atoms with Crippen molar-refractivity contribution in [2.45, 2.75) is 24.5 Å². The number of halogens is 1. The molecule has 0 aliphatic carbocycles.